The van der Waals surface area contributed by atoms with E-state index < -0.39 is 0 Å². The smallest absolute Gasteiger partial charge is 0.323 e. The summed E-state index contributed by atoms with van der Waals surface area (Å²) in [5, 5.41) is 8.49. The molecule has 1 aliphatic carbocycles. The van der Waals surface area contributed by atoms with Gasteiger partial charge in [0.15, 0.2) is 0 Å². The molecular formula is C22H28N4O2. The van der Waals surface area contributed by atoms with Crippen molar-refractivity contribution in [3.8, 4) is 0 Å². The maximum absolute atomic E-state index is 12.6. The summed E-state index contributed by atoms with van der Waals surface area (Å²) in [5.41, 5.74) is 7.89. The number of hydrogen-bond acceptors (Lipinski definition) is 3. The Morgan fingerprint density at radius 2 is 1.43 bits per heavy atom. The van der Waals surface area contributed by atoms with E-state index in [-0.39, 0.29) is 17.4 Å². The molecule has 0 saturated heterocycles. The minimum Gasteiger partial charge on any atom is -0.330 e. The van der Waals surface area contributed by atoms with Crippen LogP contribution in [0.4, 0.5) is 21.9 Å². The molecule has 0 aromatic heterocycles. The van der Waals surface area contributed by atoms with Crippen LogP contribution in [0.15, 0.2) is 54.6 Å². The molecule has 1 aliphatic rings. The van der Waals surface area contributed by atoms with Gasteiger partial charge in [0.2, 0.25) is 5.91 Å². The van der Waals surface area contributed by atoms with Crippen molar-refractivity contribution in [1.29, 1.82) is 0 Å². The van der Waals surface area contributed by atoms with Gasteiger partial charge < -0.3 is 21.7 Å². The summed E-state index contributed by atoms with van der Waals surface area (Å²) in [6, 6.07) is 16.0. The van der Waals surface area contributed by atoms with Crippen molar-refractivity contribution < 1.29 is 9.59 Å². The minimum absolute atomic E-state index is 0.0294. The summed E-state index contributed by atoms with van der Waals surface area (Å²) in [6.45, 7) is 0.543. The Balaban J connectivity index is 1.56. The number of carbonyl (C=O) groups is 2. The summed E-state index contributed by atoms with van der Waals surface area (Å²) in [7, 11) is 0. The zero-order valence-corrected chi connectivity index (χ0v) is 16.0. The molecule has 6 nitrogen and oxygen atoms in total. The normalized spacial score (nSPS) is 15.5. The summed E-state index contributed by atoms with van der Waals surface area (Å²) < 4.78 is 0. The first kappa shape index (κ1) is 19.9. The van der Waals surface area contributed by atoms with E-state index in [1.54, 1.807) is 18.2 Å². The lowest BCUT2D eigenvalue weighted by atomic mass is 9.71. The van der Waals surface area contributed by atoms with E-state index in [0.29, 0.717) is 30.0 Å². The van der Waals surface area contributed by atoms with Crippen LogP contribution in [-0.2, 0) is 4.79 Å². The predicted octanol–water partition coefficient (Wildman–Crippen LogP) is 4.57. The number of para-hydroxylation sites is 1. The van der Waals surface area contributed by atoms with Gasteiger partial charge in [-0.2, -0.15) is 0 Å². The Morgan fingerprint density at radius 1 is 0.821 bits per heavy atom. The zero-order valence-electron chi connectivity index (χ0n) is 16.0. The fraction of sp³-hybridized carbons (Fsp3) is 0.364. The van der Waals surface area contributed by atoms with Crippen LogP contribution in [0.3, 0.4) is 0 Å². The molecule has 0 atom stereocenters. The molecule has 0 unspecified atom stereocenters. The third-order valence-corrected chi connectivity index (χ3v) is 5.32. The lowest BCUT2D eigenvalue weighted by molar-refractivity contribution is -0.118. The second-order valence-corrected chi connectivity index (χ2v) is 7.52. The van der Waals surface area contributed by atoms with Crippen LogP contribution < -0.4 is 21.7 Å². The molecule has 1 saturated carbocycles. The van der Waals surface area contributed by atoms with E-state index in [2.05, 4.69) is 16.0 Å². The fourth-order valence-electron chi connectivity index (χ4n) is 3.79. The molecule has 0 bridgehead atoms. The molecular weight excluding hydrogens is 352 g/mol. The van der Waals surface area contributed by atoms with Crippen molar-refractivity contribution in [2.45, 2.75) is 38.5 Å². The van der Waals surface area contributed by atoms with Crippen molar-refractivity contribution in [2.24, 2.45) is 11.1 Å². The standard InChI is InChI=1S/C22H28N4O2/c23-16-22(12-5-2-6-13-22)15-20(27)24-18-10-7-11-19(14-18)26-21(28)25-17-8-3-1-4-9-17/h1,3-4,7-11,14H,2,5-6,12-13,15-16,23H2,(H,24,27)(H2,25,26,28). The molecule has 2 aromatic carbocycles. The maximum Gasteiger partial charge on any atom is 0.323 e. The topological polar surface area (TPSA) is 96.2 Å². The highest BCUT2D eigenvalue weighted by molar-refractivity contribution is 6.00. The molecule has 3 amide bonds. The van der Waals surface area contributed by atoms with Gasteiger partial charge in [0.05, 0.1) is 0 Å². The first-order valence-electron chi connectivity index (χ1n) is 9.82. The van der Waals surface area contributed by atoms with Gasteiger partial charge in [0.1, 0.15) is 0 Å². The van der Waals surface area contributed by atoms with Crippen LogP contribution in [0, 0.1) is 5.41 Å². The molecule has 0 aliphatic heterocycles. The fourth-order valence-corrected chi connectivity index (χ4v) is 3.79. The number of carbonyl (C=O) groups excluding carboxylic acids is 2. The molecule has 1 fully saturated rings. The van der Waals surface area contributed by atoms with Gasteiger partial charge in [-0.25, -0.2) is 4.79 Å². The van der Waals surface area contributed by atoms with Gasteiger partial charge in [-0.3, -0.25) is 4.79 Å². The van der Waals surface area contributed by atoms with Crippen molar-refractivity contribution in [3.63, 3.8) is 0 Å². The Morgan fingerprint density at radius 3 is 2.11 bits per heavy atom. The van der Waals surface area contributed by atoms with Gasteiger partial charge in [0.25, 0.3) is 0 Å². The Hall–Kier alpha value is -2.86. The van der Waals surface area contributed by atoms with Crippen molar-refractivity contribution in [3.05, 3.63) is 54.6 Å². The largest absolute Gasteiger partial charge is 0.330 e. The van der Waals surface area contributed by atoms with Crippen LogP contribution in [0.5, 0.6) is 0 Å². The van der Waals surface area contributed by atoms with Crippen molar-refractivity contribution in [2.75, 3.05) is 22.5 Å². The second-order valence-electron chi connectivity index (χ2n) is 7.52. The Bertz CT molecular complexity index is 801. The molecule has 0 heterocycles. The number of hydrogen-bond donors (Lipinski definition) is 4. The molecule has 2 aromatic rings. The van der Waals surface area contributed by atoms with E-state index in [1.165, 1.54) is 6.42 Å². The molecule has 5 N–H and O–H groups in total. The van der Waals surface area contributed by atoms with E-state index in [4.69, 9.17) is 5.73 Å². The highest BCUT2D eigenvalue weighted by Crippen LogP contribution is 2.38. The second kappa shape index (κ2) is 9.37. The van der Waals surface area contributed by atoms with Crippen LogP contribution in [-0.4, -0.2) is 18.5 Å². The van der Waals surface area contributed by atoms with E-state index >= 15 is 0 Å². The number of urea groups is 1. The van der Waals surface area contributed by atoms with E-state index in [0.717, 1.165) is 25.7 Å². The van der Waals surface area contributed by atoms with Gasteiger partial charge in [0, 0.05) is 23.5 Å². The maximum atomic E-state index is 12.6. The van der Waals surface area contributed by atoms with Gasteiger partial charge >= 0.3 is 6.03 Å². The summed E-state index contributed by atoms with van der Waals surface area (Å²) in [5.74, 6) is -0.0294. The summed E-state index contributed by atoms with van der Waals surface area (Å²) in [4.78, 5) is 24.7. The first-order chi connectivity index (χ1) is 13.6. The average molecular weight is 380 g/mol. The number of amides is 3. The molecule has 6 heteroatoms. The summed E-state index contributed by atoms with van der Waals surface area (Å²) >= 11 is 0. The first-order valence-corrected chi connectivity index (χ1v) is 9.82. The third-order valence-electron chi connectivity index (χ3n) is 5.32. The average Bonchev–Trinajstić information content (AvgIpc) is 2.69. The molecule has 28 heavy (non-hydrogen) atoms. The number of anilines is 3. The van der Waals surface area contributed by atoms with Crippen molar-refractivity contribution in [1.82, 2.24) is 0 Å². The lowest BCUT2D eigenvalue weighted by Crippen LogP contribution is -2.36. The number of rotatable bonds is 6. The predicted molar refractivity (Wildman–Crippen MR) is 113 cm³/mol. The van der Waals surface area contributed by atoms with E-state index in [9.17, 15) is 9.59 Å². The quantitative estimate of drug-likeness (QED) is 0.591. The highest BCUT2D eigenvalue weighted by atomic mass is 16.2. The Kier molecular flexibility index (Phi) is 6.66. The molecule has 148 valence electrons. The number of nitrogens with one attached hydrogen (secondary N) is 3. The molecule has 0 radical (unpaired) electrons. The SMILES string of the molecule is NCC1(CC(=O)Nc2cccc(NC(=O)Nc3ccccc3)c2)CCCCC1. The van der Waals surface area contributed by atoms with Crippen LogP contribution >= 0.6 is 0 Å². The van der Waals surface area contributed by atoms with Gasteiger partial charge in [-0.05, 0) is 55.1 Å². The zero-order chi connectivity index (χ0) is 19.8. The van der Waals surface area contributed by atoms with Crippen molar-refractivity contribution >= 4 is 29.0 Å². The molecule has 3 rings (SSSR count). The summed E-state index contributed by atoms with van der Waals surface area (Å²) in [6.07, 6.45) is 5.97. The van der Waals surface area contributed by atoms with E-state index in [1.807, 2.05) is 36.4 Å². The van der Waals surface area contributed by atoms with Gasteiger partial charge in [-0.15, -0.1) is 0 Å². The lowest BCUT2D eigenvalue weighted by Gasteiger charge is -2.35. The molecule has 0 spiro atoms. The third kappa shape index (κ3) is 5.57. The van der Waals surface area contributed by atoms with Crippen LogP contribution in [0.25, 0.3) is 0 Å². The highest BCUT2D eigenvalue weighted by Gasteiger charge is 2.32. The van der Waals surface area contributed by atoms with Crippen LogP contribution in [0.2, 0.25) is 0 Å². The number of nitrogens with two attached hydrogens (primary N) is 1. The Labute approximate surface area is 165 Å². The van der Waals surface area contributed by atoms with Crippen LogP contribution in [0.1, 0.15) is 38.5 Å². The van der Waals surface area contributed by atoms with Gasteiger partial charge in [-0.1, -0.05) is 43.5 Å². The number of benzene rings is 2. The minimum atomic E-state index is -0.334. The monoisotopic (exact) mass is 380 g/mol.